The number of ether oxygens (including phenoxy) is 3. The molecule has 2 fully saturated rings. The number of carbonyl (C=O) groups is 3. The van der Waals surface area contributed by atoms with Gasteiger partial charge in [0.15, 0.2) is 5.78 Å². The van der Waals surface area contributed by atoms with Crippen LogP contribution in [0.2, 0.25) is 0 Å². The molecule has 10 heteroatoms. The van der Waals surface area contributed by atoms with Crippen LogP contribution in [-0.4, -0.2) is 69.9 Å². The zero-order valence-corrected chi connectivity index (χ0v) is 19.4. The first-order valence-electron chi connectivity index (χ1n) is 11.6. The lowest BCUT2D eigenvalue weighted by Crippen LogP contribution is -2.38. The molecule has 4 rings (SSSR count). The second-order valence-corrected chi connectivity index (χ2v) is 8.72. The smallest absolute Gasteiger partial charge is 0.414 e. The molecule has 2 aliphatic heterocycles. The average Bonchev–Trinajstić information content (AvgIpc) is 3.18. The number of nitrogens with zero attached hydrogens (tertiary/aromatic N) is 2. The van der Waals surface area contributed by atoms with Gasteiger partial charge in [0.25, 0.3) is 0 Å². The fourth-order valence-corrected chi connectivity index (χ4v) is 4.58. The highest BCUT2D eigenvalue weighted by molar-refractivity contribution is 6.06. The Labute approximate surface area is 197 Å². The molecule has 1 aromatic carbocycles. The number of allylic oxidation sites excluding steroid dienone is 2. The lowest BCUT2D eigenvalue weighted by molar-refractivity contribution is -0.152. The molecule has 2 unspecified atom stereocenters. The van der Waals surface area contributed by atoms with E-state index in [4.69, 9.17) is 14.2 Å². The van der Waals surface area contributed by atoms with Gasteiger partial charge in [0.05, 0.1) is 44.3 Å². The van der Waals surface area contributed by atoms with Gasteiger partial charge in [0, 0.05) is 24.9 Å². The fraction of sp³-hybridized carbons (Fsp3) is 0.542. The van der Waals surface area contributed by atoms with E-state index in [1.807, 2.05) is 11.8 Å². The lowest BCUT2D eigenvalue weighted by Gasteiger charge is -2.29. The predicted molar refractivity (Wildman–Crippen MR) is 122 cm³/mol. The number of halogens is 1. The molecule has 1 aliphatic carbocycles. The molecule has 0 spiro atoms. The summed E-state index contributed by atoms with van der Waals surface area (Å²) in [4.78, 5) is 40.2. The van der Waals surface area contributed by atoms with Crippen molar-refractivity contribution in [2.24, 2.45) is 11.8 Å². The van der Waals surface area contributed by atoms with Gasteiger partial charge in [-0.3, -0.25) is 14.5 Å². The van der Waals surface area contributed by atoms with Crippen LogP contribution in [0.4, 0.5) is 20.6 Å². The standard InChI is InChI=1S/C24H30FN3O6/c1-3-33-23(30)22-15(2)10-16(11-21(22)29)26-13-18-14-28(24(31)34-18)17-4-5-20(19(25)12-17)27-6-8-32-9-7-27/h4-5,11-12,15,18,22,26H,3,6-10,13-14H2,1-2H3/t15?,18-,22?/m0/s1. The maximum Gasteiger partial charge on any atom is 0.414 e. The van der Waals surface area contributed by atoms with Crippen molar-refractivity contribution in [3.05, 3.63) is 35.8 Å². The Morgan fingerprint density at radius 2 is 2.03 bits per heavy atom. The maximum atomic E-state index is 14.8. The summed E-state index contributed by atoms with van der Waals surface area (Å²) in [6.07, 6.45) is 0.919. The van der Waals surface area contributed by atoms with Crippen LogP contribution < -0.4 is 15.1 Å². The van der Waals surface area contributed by atoms with Crippen LogP contribution in [0.3, 0.4) is 0 Å². The Hall–Kier alpha value is -3.14. The van der Waals surface area contributed by atoms with Crippen molar-refractivity contribution >= 4 is 29.2 Å². The minimum atomic E-state index is -0.791. The molecule has 1 N–H and O–H groups in total. The highest BCUT2D eigenvalue weighted by Crippen LogP contribution is 2.29. The van der Waals surface area contributed by atoms with Crippen LogP contribution in [0.25, 0.3) is 0 Å². The van der Waals surface area contributed by atoms with Crippen molar-refractivity contribution < 1.29 is 33.0 Å². The summed E-state index contributed by atoms with van der Waals surface area (Å²) in [5.41, 5.74) is 1.61. The van der Waals surface area contributed by atoms with Crippen molar-refractivity contribution in [2.45, 2.75) is 26.4 Å². The third kappa shape index (κ3) is 5.16. The Bertz CT molecular complexity index is 977. The van der Waals surface area contributed by atoms with E-state index in [2.05, 4.69) is 5.32 Å². The molecular weight excluding hydrogens is 445 g/mol. The normalized spacial score (nSPS) is 25.1. The summed E-state index contributed by atoms with van der Waals surface area (Å²) < 4.78 is 30.5. The van der Waals surface area contributed by atoms with Crippen LogP contribution in [0.1, 0.15) is 20.3 Å². The van der Waals surface area contributed by atoms with E-state index in [1.165, 1.54) is 17.0 Å². The monoisotopic (exact) mass is 475 g/mol. The van der Waals surface area contributed by atoms with Gasteiger partial charge >= 0.3 is 12.1 Å². The summed E-state index contributed by atoms with van der Waals surface area (Å²) in [5.74, 6) is -2.18. The molecule has 3 atom stereocenters. The SMILES string of the molecule is CCOC(=O)C1C(=O)C=C(NC[C@H]2CN(c3ccc(N4CCOCC4)c(F)c3)C(=O)O2)CC1C. The van der Waals surface area contributed by atoms with Crippen molar-refractivity contribution in [1.82, 2.24) is 5.32 Å². The number of anilines is 2. The first-order valence-corrected chi connectivity index (χ1v) is 11.6. The number of amides is 1. The van der Waals surface area contributed by atoms with E-state index in [-0.39, 0.29) is 24.9 Å². The number of cyclic esters (lactones) is 1. The number of benzene rings is 1. The highest BCUT2D eigenvalue weighted by Gasteiger charge is 2.37. The van der Waals surface area contributed by atoms with E-state index >= 15 is 0 Å². The Morgan fingerprint density at radius 1 is 1.26 bits per heavy atom. The largest absolute Gasteiger partial charge is 0.465 e. The number of esters is 1. The molecule has 1 amide bonds. The van der Waals surface area contributed by atoms with Gasteiger partial charge in [-0.2, -0.15) is 0 Å². The van der Waals surface area contributed by atoms with Crippen molar-refractivity contribution in [3.63, 3.8) is 0 Å². The summed E-state index contributed by atoms with van der Waals surface area (Å²) in [7, 11) is 0. The molecule has 34 heavy (non-hydrogen) atoms. The minimum Gasteiger partial charge on any atom is -0.465 e. The van der Waals surface area contributed by atoms with E-state index in [9.17, 15) is 18.8 Å². The van der Waals surface area contributed by atoms with Gasteiger partial charge in [0.1, 0.15) is 17.8 Å². The lowest BCUT2D eigenvalue weighted by atomic mass is 9.82. The summed E-state index contributed by atoms with van der Waals surface area (Å²) in [6, 6.07) is 4.74. The maximum absolute atomic E-state index is 14.8. The zero-order valence-electron chi connectivity index (χ0n) is 19.4. The van der Waals surface area contributed by atoms with Crippen LogP contribution in [0.15, 0.2) is 30.0 Å². The van der Waals surface area contributed by atoms with Gasteiger partial charge in [-0.15, -0.1) is 0 Å². The molecule has 184 valence electrons. The second kappa shape index (κ2) is 10.4. The van der Waals surface area contributed by atoms with Crippen LogP contribution in [-0.2, 0) is 23.8 Å². The van der Waals surface area contributed by atoms with Gasteiger partial charge in [-0.05, 0) is 37.5 Å². The number of hydrogen-bond acceptors (Lipinski definition) is 8. The number of ketones is 1. The predicted octanol–water partition coefficient (Wildman–Crippen LogP) is 2.25. The van der Waals surface area contributed by atoms with E-state index in [0.717, 1.165) is 0 Å². The number of nitrogens with one attached hydrogen (secondary N) is 1. The average molecular weight is 476 g/mol. The van der Waals surface area contributed by atoms with Crippen LogP contribution in [0.5, 0.6) is 0 Å². The van der Waals surface area contributed by atoms with E-state index in [1.54, 1.807) is 19.1 Å². The molecular formula is C24H30FN3O6. The topological polar surface area (TPSA) is 97.4 Å². The molecule has 2 saturated heterocycles. The van der Waals surface area contributed by atoms with Crippen molar-refractivity contribution in [1.29, 1.82) is 0 Å². The molecule has 0 radical (unpaired) electrons. The molecule has 0 aromatic heterocycles. The number of carbonyl (C=O) groups excluding carboxylic acids is 3. The number of hydrogen-bond donors (Lipinski definition) is 1. The number of rotatable bonds is 7. The highest BCUT2D eigenvalue weighted by atomic mass is 19.1. The zero-order chi connectivity index (χ0) is 24.2. The van der Waals surface area contributed by atoms with Gasteiger partial charge < -0.3 is 24.4 Å². The van der Waals surface area contributed by atoms with Gasteiger partial charge in [0.2, 0.25) is 0 Å². The molecule has 9 nitrogen and oxygen atoms in total. The molecule has 3 aliphatic rings. The third-order valence-electron chi connectivity index (χ3n) is 6.30. The fourth-order valence-electron chi connectivity index (χ4n) is 4.58. The Balaban J connectivity index is 1.34. The van der Waals surface area contributed by atoms with Crippen LogP contribution in [0, 0.1) is 17.7 Å². The van der Waals surface area contributed by atoms with E-state index in [0.29, 0.717) is 56.3 Å². The number of morpholine rings is 1. The summed E-state index contributed by atoms with van der Waals surface area (Å²) >= 11 is 0. The Kier molecular flexibility index (Phi) is 7.35. The molecule has 2 heterocycles. The first-order chi connectivity index (χ1) is 16.4. The summed E-state index contributed by atoms with van der Waals surface area (Å²) in [5, 5.41) is 3.16. The van der Waals surface area contributed by atoms with Crippen molar-refractivity contribution in [2.75, 3.05) is 55.8 Å². The summed E-state index contributed by atoms with van der Waals surface area (Å²) in [6.45, 7) is 6.67. The first kappa shape index (κ1) is 24.0. The Morgan fingerprint density at radius 3 is 2.71 bits per heavy atom. The molecule has 0 saturated carbocycles. The second-order valence-electron chi connectivity index (χ2n) is 8.72. The molecule has 0 bridgehead atoms. The quantitative estimate of drug-likeness (QED) is 0.474. The van der Waals surface area contributed by atoms with Gasteiger partial charge in [-0.1, -0.05) is 6.92 Å². The van der Waals surface area contributed by atoms with Crippen LogP contribution >= 0.6 is 0 Å². The third-order valence-corrected chi connectivity index (χ3v) is 6.30. The molecule has 1 aromatic rings. The van der Waals surface area contributed by atoms with E-state index < -0.39 is 29.9 Å². The minimum absolute atomic E-state index is 0.199. The van der Waals surface area contributed by atoms with Crippen molar-refractivity contribution in [3.8, 4) is 0 Å². The van der Waals surface area contributed by atoms with Gasteiger partial charge in [-0.25, -0.2) is 9.18 Å².